The van der Waals surface area contributed by atoms with Gasteiger partial charge in [0.1, 0.15) is 0 Å². The minimum Gasteiger partial charge on any atom is -0.294 e. The minimum atomic E-state index is 0.171. The van der Waals surface area contributed by atoms with Crippen molar-refractivity contribution in [3.63, 3.8) is 0 Å². The number of Topliss-reactive ketones (excluding diaryl/α,β-unsaturated/α-hetero) is 1. The summed E-state index contributed by atoms with van der Waals surface area (Å²) in [4.78, 5) is 11.6. The first-order valence-electron chi connectivity index (χ1n) is 4.99. The van der Waals surface area contributed by atoms with Crippen molar-refractivity contribution in [3.05, 3.63) is 41.5 Å². The van der Waals surface area contributed by atoms with Crippen LogP contribution in [0.1, 0.15) is 25.8 Å². The molecule has 0 radical (unpaired) electrons. The maximum absolute atomic E-state index is 11.6. The Labute approximate surface area is 84.5 Å². The van der Waals surface area contributed by atoms with Crippen LogP contribution >= 0.6 is 0 Å². The van der Waals surface area contributed by atoms with E-state index in [0.29, 0.717) is 5.78 Å². The van der Waals surface area contributed by atoms with Crippen LogP contribution in [0.15, 0.2) is 35.9 Å². The van der Waals surface area contributed by atoms with E-state index in [1.807, 2.05) is 32.0 Å². The van der Waals surface area contributed by atoms with Crippen LogP contribution in [-0.4, -0.2) is 5.78 Å². The van der Waals surface area contributed by atoms with Crippen LogP contribution in [0.4, 0.5) is 0 Å². The standard InChI is InChI=1S/C13H14O/c1-9-8-12(10(2)13(9)14)11-6-4-3-5-7-11/h3-7,9H,8H2,1-2H3/t9-/m1/s1. The van der Waals surface area contributed by atoms with Crippen molar-refractivity contribution >= 4 is 11.4 Å². The second kappa shape index (κ2) is 3.41. The van der Waals surface area contributed by atoms with E-state index >= 15 is 0 Å². The summed E-state index contributed by atoms with van der Waals surface area (Å²) in [6.45, 7) is 3.94. The van der Waals surface area contributed by atoms with E-state index in [1.54, 1.807) is 0 Å². The molecule has 0 saturated heterocycles. The molecule has 0 aromatic heterocycles. The number of carbonyl (C=O) groups excluding carboxylic acids is 1. The molecule has 0 amide bonds. The molecule has 0 N–H and O–H groups in total. The zero-order valence-corrected chi connectivity index (χ0v) is 8.58. The Morgan fingerprint density at radius 1 is 1.21 bits per heavy atom. The Kier molecular flexibility index (Phi) is 2.24. The fourth-order valence-corrected chi connectivity index (χ4v) is 2.04. The molecule has 0 heterocycles. The molecule has 0 spiro atoms. The molecule has 0 bridgehead atoms. The number of carbonyl (C=O) groups is 1. The molecule has 1 aromatic carbocycles. The molecule has 72 valence electrons. The van der Waals surface area contributed by atoms with Gasteiger partial charge in [0.2, 0.25) is 0 Å². The van der Waals surface area contributed by atoms with Crippen molar-refractivity contribution in [2.45, 2.75) is 20.3 Å². The molecule has 1 aliphatic rings. The number of rotatable bonds is 1. The van der Waals surface area contributed by atoms with E-state index in [9.17, 15) is 4.79 Å². The Hall–Kier alpha value is -1.37. The van der Waals surface area contributed by atoms with Gasteiger partial charge in [0.15, 0.2) is 5.78 Å². The molecule has 1 nitrogen and oxygen atoms in total. The van der Waals surface area contributed by atoms with Gasteiger partial charge in [0.05, 0.1) is 0 Å². The van der Waals surface area contributed by atoms with Gasteiger partial charge in [-0.3, -0.25) is 4.79 Å². The Balaban J connectivity index is 2.42. The lowest BCUT2D eigenvalue weighted by Crippen LogP contribution is -2.03. The SMILES string of the molecule is CC1=C(c2ccccc2)C[C@@H](C)C1=O. The molecule has 1 heteroatoms. The maximum atomic E-state index is 11.6. The highest BCUT2D eigenvalue weighted by Crippen LogP contribution is 2.34. The molecule has 0 saturated carbocycles. The molecule has 0 aliphatic heterocycles. The fourth-order valence-electron chi connectivity index (χ4n) is 2.04. The molecule has 2 rings (SSSR count). The largest absolute Gasteiger partial charge is 0.294 e. The second-order valence-electron chi connectivity index (χ2n) is 3.94. The number of hydrogen-bond acceptors (Lipinski definition) is 1. The zero-order valence-electron chi connectivity index (χ0n) is 8.58. The minimum absolute atomic E-state index is 0.171. The average molecular weight is 186 g/mol. The summed E-state index contributed by atoms with van der Waals surface area (Å²) in [6, 6.07) is 10.2. The van der Waals surface area contributed by atoms with Crippen LogP contribution in [0.5, 0.6) is 0 Å². The van der Waals surface area contributed by atoms with Crippen molar-refractivity contribution in [1.29, 1.82) is 0 Å². The molecule has 1 aliphatic carbocycles. The van der Waals surface area contributed by atoms with E-state index in [-0.39, 0.29) is 5.92 Å². The fraction of sp³-hybridized carbons (Fsp3) is 0.308. The van der Waals surface area contributed by atoms with Crippen molar-refractivity contribution in [2.75, 3.05) is 0 Å². The Morgan fingerprint density at radius 3 is 2.36 bits per heavy atom. The van der Waals surface area contributed by atoms with Crippen LogP contribution in [0, 0.1) is 5.92 Å². The van der Waals surface area contributed by atoms with Crippen LogP contribution < -0.4 is 0 Å². The lowest BCUT2D eigenvalue weighted by Gasteiger charge is -2.02. The van der Waals surface area contributed by atoms with E-state index in [4.69, 9.17) is 0 Å². The summed E-state index contributed by atoms with van der Waals surface area (Å²) < 4.78 is 0. The van der Waals surface area contributed by atoms with Crippen molar-refractivity contribution in [2.24, 2.45) is 5.92 Å². The van der Waals surface area contributed by atoms with Crippen molar-refractivity contribution < 1.29 is 4.79 Å². The highest BCUT2D eigenvalue weighted by Gasteiger charge is 2.27. The van der Waals surface area contributed by atoms with Gasteiger partial charge in [-0.1, -0.05) is 37.3 Å². The monoisotopic (exact) mass is 186 g/mol. The number of benzene rings is 1. The summed E-state index contributed by atoms with van der Waals surface area (Å²) in [5, 5.41) is 0. The predicted octanol–water partition coefficient (Wildman–Crippen LogP) is 3.07. The summed E-state index contributed by atoms with van der Waals surface area (Å²) in [5.74, 6) is 0.481. The smallest absolute Gasteiger partial charge is 0.161 e. The van der Waals surface area contributed by atoms with Crippen LogP contribution in [0.25, 0.3) is 5.57 Å². The summed E-state index contributed by atoms with van der Waals surface area (Å²) >= 11 is 0. The molecule has 14 heavy (non-hydrogen) atoms. The Bertz CT molecular complexity index is 387. The quantitative estimate of drug-likeness (QED) is 0.658. The van der Waals surface area contributed by atoms with Gasteiger partial charge in [0, 0.05) is 5.92 Å². The average Bonchev–Trinajstić information content (AvgIpc) is 2.47. The van der Waals surface area contributed by atoms with E-state index in [1.165, 1.54) is 11.1 Å². The van der Waals surface area contributed by atoms with Gasteiger partial charge in [-0.2, -0.15) is 0 Å². The first kappa shape index (κ1) is 9.20. The predicted molar refractivity (Wildman–Crippen MR) is 57.8 cm³/mol. The third kappa shape index (κ3) is 1.39. The molecule has 0 fully saturated rings. The van der Waals surface area contributed by atoms with Gasteiger partial charge < -0.3 is 0 Å². The second-order valence-corrected chi connectivity index (χ2v) is 3.94. The van der Waals surface area contributed by atoms with Gasteiger partial charge in [-0.05, 0) is 30.1 Å². The molecule has 1 atom stereocenters. The summed E-state index contributed by atoms with van der Waals surface area (Å²) in [6.07, 6.45) is 0.898. The highest BCUT2D eigenvalue weighted by molar-refractivity contribution is 6.07. The first-order valence-corrected chi connectivity index (χ1v) is 4.99. The molecule has 0 unspecified atom stereocenters. The van der Waals surface area contributed by atoms with E-state index in [0.717, 1.165) is 12.0 Å². The number of ketones is 1. The van der Waals surface area contributed by atoms with E-state index in [2.05, 4.69) is 12.1 Å². The Morgan fingerprint density at radius 2 is 1.86 bits per heavy atom. The maximum Gasteiger partial charge on any atom is 0.161 e. The van der Waals surface area contributed by atoms with Crippen LogP contribution in [0.3, 0.4) is 0 Å². The summed E-state index contributed by atoms with van der Waals surface area (Å²) in [5.41, 5.74) is 3.37. The van der Waals surface area contributed by atoms with Crippen molar-refractivity contribution in [3.8, 4) is 0 Å². The first-order chi connectivity index (χ1) is 6.70. The molecular formula is C13H14O. The third-order valence-corrected chi connectivity index (χ3v) is 2.90. The van der Waals surface area contributed by atoms with Crippen molar-refractivity contribution in [1.82, 2.24) is 0 Å². The lowest BCUT2D eigenvalue weighted by molar-refractivity contribution is -0.117. The van der Waals surface area contributed by atoms with Gasteiger partial charge in [0.25, 0.3) is 0 Å². The van der Waals surface area contributed by atoms with Gasteiger partial charge in [-0.25, -0.2) is 0 Å². The third-order valence-electron chi connectivity index (χ3n) is 2.90. The van der Waals surface area contributed by atoms with Gasteiger partial charge in [-0.15, -0.1) is 0 Å². The lowest BCUT2D eigenvalue weighted by atomic mass is 10.0. The molecular weight excluding hydrogens is 172 g/mol. The van der Waals surface area contributed by atoms with Crippen LogP contribution in [-0.2, 0) is 4.79 Å². The highest BCUT2D eigenvalue weighted by atomic mass is 16.1. The van der Waals surface area contributed by atoms with Crippen LogP contribution in [0.2, 0.25) is 0 Å². The van der Waals surface area contributed by atoms with Gasteiger partial charge >= 0.3 is 0 Å². The molecule has 1 aromatic rings. The number of hydrogen-bond donors (Lipinski definition) is 0. The number of allylic oxidation sites excluding steroid dienone is 2. The summed E-state index contributed by atoms with van der Waals surface area (Å²) in [7, 11) is 0. The topological polar surface area (TPSA) is 17.1 Å². The zero-order chi connectivity index (χ0) is 10.1. The normalized spacial score (nSPS) is 21.9. The van der Waals surface area contributed by atoms with E-state index < -0.39 is 0 Å².